The summed E-state index contributed by atoms with van der Waals surface area (Å²) >= 11 is 1.21. The van der Waals surface area contributed by atoms with Gasteiger partial charge in [-0.1, -0.05) is 18.3 Å². The standard InChI is InChI=1S/C12H16N4O2S/c1-4-9-10(11(17)18)19-12(14-9)15(2)6-8-5-13-16(3)7-8/h5,7H,4,6H2,1-3H3,(H,17,18). The zero-order chi connectivity index (χ0) is 14.0. The Kier molecular flexibility index (Phi) is 3.84. The summed E-state index contributed by atoms with van der Waals surface area (Å²) in [4.78, 5) is 17.8. The van der Waals surface area contributed by atoms with Gasteiger partial charge in [0.2, 0.25) is 0 Å². The van der Waals surface area contributed by atoms with E-state index in [0.717, 1.165) is 10.7 Å². The second kappa shape index (κ2) is 5.40. The van der Waals surface area contributed by atoms with E-state index in [0.29, 0.717) is 23.5 Å². The number of aromatic nitrogens is 3. The molecule has 1 N–H and O–H groups in total. The Balaban J connectivity index is 2.19. The first-order valence-corrected chi connectivity index (χ1v) is 6.74. The van der Waals surface area contributed by atoms with Crippen LogP contribution in [0.5, 0.6) is 0 Å². The van der Waals surface area contributed by atoms with Crippen LogP contribution in [-0.4, -0.2) is 32.9 Å². The number of aryl methyl sites for hydroxylation is 2. The predicted octanol–water partition coefficient (Wildman–Crippen LogP) is 1.77. The average Bonchev–Trinajstić information content (AvgIpc) is 2.95. The van der Waals surface area contributed by atoms with Crippen molar-refractivity contribution >= 4 is 22.4 Å². The summed E-state index contributed by atoms with van der Waals surface area (Å²) in [6.45, 7) is 2.57. The molecule has 0 atom stereocenters. The van der Waals surface area contributed by atoms with Crippen LogP contribution in [0, 0.1) is 0 Å². The monoisotopic (exact) mass is 280 g/mol. The maximum Gasteiger partial charge on any atom is 0.347 e. The fraction of sp³-hybridized carbons (Fsp3) is 0.417. The number of anilines is 1. The van der Waals surface area contributed by atoms with Crippen LogP contribution < -0.4 is 4.90 Å². The molecule has 0 saturated heterocycles. The predicted molar refractivity (Wildman–Crippen MR) is 73.8 cm³/mol. The minimum Gasteiger partial charge on any atom is -0.477 e. The summed E-state index contributed by atoms with van der Waals surface area (Å²) in [5.74, 6) is -0.907. The molecule has 2 heterocycles. The molecule has 6 nitrogen and oxygen atoms in total. The van der Waals surface area contributed by atoms with Crippen molar-refractivity contribution in [1.29, 1.82) is 0 Å². The summed E-state index contributed by atoms with van der Waals surface area (Å²) in [6.07, 6.45) is 4.35. The second-order valence-corrected chi connectivity index (χ2v) is 5.29. The molecule has 102 valence electrons. The summed E-state index contributed by atoms with van der Waals surface area (Å²) in [5.41, 5.74) is 1.71. The quantitative estimate of drug-likeness (QED) is 0.904. The first kappa shape index (κ1) is 13.5. The van der Waals surface area contributed by atoms with E-state index in [1.807, 2.05) is 32.1 Å². The number of rotatable bonds is 5. The lowest BCUT2D eigenvalue weighted by atomic mass is 10.3. The Morgan fingerprint density at radius 2 is 2.32 bits per heavy atom. The zero-order valence-electron chi connectivity index (χ0n) is 11.1. The van der Waals surface area contributed by atoms with Crippen molar-refractivity contribution in [1.82, 2.24) is 14.8 Å². The molecular weight excluding hydrogens is 264 g/mol. The molecule has 2 rings (SSSR count). The van der Waals surface area contributed by atoms with Gasteiger partial charge >= 0.3 is 5.97 Å². The van der Waals surface area contributed by atoms with Crippen LogP contribution in [0.15, 0.2) is 12.4 Å². The molecule has 0 aliphatic heterocycles. The van der Waals surface area contributed by atoms with E-state index in [1.165, 1.54) is 11.3 Å². The maximum absolute atomic E-state index is 11.1. The topological polar surface area (TPSA) is 71.2 Å². The van der Waals surface area contributed by atoms with Gasteiger partial charge in [0.05, 0.1) is 11.9 Å². The SMILES string of the molecule is CCc1nc(N(C)Cc2cnn(C)c2)sc1C(=O)O. The molecule has 0 fully saturated rings. The third kappa shape index (κ3) is 2.93. The van der Waals surface area contributed by atoms with Crippen LogP contribution in [0.1, 0.15) is 27.9 Å². The molecule has 0 amide bonds. The average molecular weight is 280 g/mol. The number of hydrogen-bond donors (Lipinski definition) is 1. The summed E-state index contributed by atoms with van der Waals surface area (Å²) in [6, 6.07) is 0. The summed E-state index contributed by atoms with van der Waals surface area (Å²) < 4.78 is 1.74. The van der Waals surface area contributed by atoms with Crippen LogP contribution in [0.4, 0.5) is 5.13 Å². The van der Waals surface area contributed by atoms with Gasteiger partial charge in [-0.05, 0) is 6.42 Å². The van der Waals surface area contributed by atoms with Crippen LogP contribution in [0.2, 0.25) is 0 Å². The van der Waals surface area contributed by atoms with Crippen molar-refractivity contribution < 1.29 is 9.90 Å². The fourth-order valence-electron chi connectivity index (χ4n) is 1.80. The van der Waals surface area contributed by atoms with E-state index >= 15 is 0 Å². The van der Waals surface area contributed by atoms with E-state index < -0.39 is 5.97 Å². The van der Waals surface area contributed by atoms with E-state index in [9.17, 15) is 4.79 Å². The lowest BCUT2D eigenvalue weighted by Gasteiger charge is -2.13. The highest BCUT2D eigenvalue weighted by atomic mass is 32.1. The van der Waals surface area contributed by atoms with E-state index in [2.05, 4.69) is 10.1 Å². The number of carboxylic acid groups (broad SMARTS) is 1. The first-order valence-electron chi connectivity index (χ1n) is 5.93. The second-order valence-electron chi connectivity index (χ2n) is 4.31. The van der Waals surface area contributed by atoms with Gasteiger partial charge in [-0.15, -0.1) is 0 Å². The van der Waals surface area contributed by atoms with E-state index in [-0.39, 0.29) is 0 Å². The van der Waals surface area contributed by atoms with Crippen LogP contribution in [-0.2, 0) is 20.0 Å². The maximum atomic E-state index is 11.1. The Labute approximate surface area is 115 Å². The van der Waals surface area contributed by atoms with Gasteiger partial charge in [-0.2, -0.15) is 5.10 Å². The summed E-state index contributed by atoms with van der Waals surface area (Å²) in [7, 11) is 3.77. The molecule has 0 aliphatic carbocycles. The highest BCUT2D eigenvalue weighted by molar-refractivity contribution is 7.17. The molecule has 0 bridgehead atoms. The lowest BCUT2D eigenvalue weighted by Crippen LogP contribution is -2.15. The van der Waals surface area contributed by atoms with Crippen molar-refractivity contribution in [2.75, 3.05) is 11.9 Å². The van der Waals surface area contributed by atoms with Crippen LogP contribution in [0.25, 0.3) is 0 Å². The minimum atomic E-state index is -0.907. The molecule has 19 heavy (non-hydrogen) atoms. The van der Waals surface area contributed by atoms with Gasteiger partial charge in [0.15, 0.2) is 5.13 Å². The Hall–Kier alpha value is -1.89. The van der Waals surface area contributed by atoms with Crippen molar-refractivity contribution in [2.24, 2.45) is 7.05 Å². The van der Waals surface area contributed by atoms with Crippen LogP contribution >= 0.6 is 11.3 Å². The van der Waals surface area contributed by atoms with Gasteiger partial charge < -0.3 is 10.0 Å². The van der Waals surface area contributed by atoms with Gasteiger partial charge in [0.25, 0.3) is 0 Å². The van der Waals surface area contributed by atoms with Gasteiger partial charge in [0, 0.05) is 32.4 Å². The number of nitrogens with zero attached hydrogens (tertiary/aromatic N) is 4. The van der Waals surface area contributed by atoms with Gasteiger partial charge in [-0.25, -0.2) is 9.78 Å². The van der Waals surface area contributed by atoms with Gasteiger partial charge in [0.1, 0.15) is 4.88 Å². The highest BCUT2D eigenvalue weighted by Gasteiger charge is 2.18. The molecule has 0 spiro atoms. The van der Waals surface area contributed by atoms with Crippen molar-refractivity contribution in [2.45, 2.75) is 19.9 Å². The Bertz CT molecular complexity index is 590. The molecule has 0 aromatic carbocycles. The molecule has 0 saturated carbocycles. The smallest absolute Gasteiger partial charge is 0.347 e. The summed E-state index contributed by atoms with van der Waals surface area (Å²) in [5, 5.41) is 14.0. The van der Waals surface area contributed by atoms with Crippen molar-refractivity contribution in [3.05, 3.63) is 28.5 Å². The Morgan fingerprint density at radius 1 is 1.58 bits per heavy atom. The number of carboxylic acids is 1. The third-order valence-electron chi connectivity index (χ3n) is 2.72. The zero-order valence-corrected chi connectivity index (χ0v) is 11.9. The van der Waals surface area contributed by atoms with E-state index in [4.69, 9.17) is 5.11 Å². The largest absolute Gasteiger partial charge is 0.477 e. The molecule has 0 radical (unpaired) electrons. The highest BCUT2D eigenvalue weighted by Crippen LogP contribution is 2.27. The molecule has 2 aromatic heterocycles. The molecule has 2 aromatic rings. The first-order chi connectivity index (χ1) is 9.01. The number of thiazole rings is 1. The molecule has 0 aliphatic rings. The Morgan fingerprint density at radius 3 is 2.79 bits per heavy atom. The van der Waals surface area contributed by atoms with Crippen molar-refractivity contribution in [3.63, 3.8) is 0 Å². The molecule has 7 heteroatoms. The number of carbonyl (C=O) groups is 1. The van der Waals surface area contributed by atoms with Gasteiger partial charge in [-0.3, -0.25) is 4.68 Å². The van der Waals surface area contributed by atoms with Crippen molar-refractivity contribution in [3.8, 4) is 0 Å². The number of hydrogen-bond acceptors (Lipinski definition) is 5. The molecule has 0 unspecified atom stereocenters. The minimum absolute atomic E-state index is 0.329. The normalized spacial score (nSPS) is 10.7. The molecular formula is C12H16N4O2S. The third-order valence-corrected chi connectivity index (χ3v) is 3.92. The lowest BCUT2D eigenvalue weighted by molar-refractivity contribution is 0.0701. The number of aromatic carboxylic acids is 1. The van der Waals surface area contributed by atoms with E-state index in [1.54, 1.807) is 10.9 Å². The van der Waals surface area contributed by atoms with Crippen LogP contribution in [0.3, 0.4) is 0 Å². The fourth-order valence-corrected chi connectivity index (χ4v) is 2.76.